The van der Waals surface area contributed by atoms with Crippen molar-refractivity contribution in [2.24, 2.45) is 11.7 Å². The molecule has 1 atom stereocenters. The van der Waals surface area contributed by atoms with E-state index in [0.717, 1.165) is 37.8 Å². The first kappa shape index (κ1) is 21.8. The third kappa shape index (κ3) is 4.98. The van der Waals surface area contributed by atoms with Gasteiger partial charge in [-0.1, -0.05) is 42.5 Å². The number of amides is 2. The summed E-state index contributed by atoms with van der Waals surface area (Å²) in [5.74, 6) is 0.860. The van der Waals surface area contributed by atoms with Crippen LogP contribution in [0.4, 0.5) is 5.95 Å². The Balaban J connectivity index is 1.33. The third-order valence-electron chi connectivity index (χ3n) is 6.10. The van der Waals surface area contributed by atoms with Gasteiger partial charge in [0.2, 0.25) is 11.9 Å². The fourth-order valence-electron chi connectivity index (χ4n) is 4.18. The highest BCUT2D eigenvalue weighted by Crippen LogP contribution is 2.32. The maximum atomic E-state index is 12.4. The Hall–Kier alpha value is -4.01. The summed E-state index contributed by atoms with van der Waals surface area (Å²) in [6.07, 6.45) is 11.0. The van der Waals surface area contributed by atoms with Crippen LogP contribution in [0, 0.1) is 5.92 Å². The zero-order valence-electron chi connectivity index (χ0n) is 18.8. The summed E-state index contributed by atoms with van der Waals surface area (Å²) in [5.41, 5.74) is 7.34. The quantitative estimate of drug-likeness (QED) is 0.563. The van der Waals surface area contributed by atoms with Crippen molar-refractivity contribution in [3.8, 4) is 5.82 Å². The van der Waals surface area contributed by atoms with E-state index in [2.05, 4.69) is 20.4 Å². The van der Waals surface area contributed by atoms with Crippen molar-refractivity contribution in [3.05, 3.63) is 65.6 Å². The van der Waals surface area contributed by atoms with E-state index in [4.69, 9.17) is 5.73 Å². The van der Waals surface area contributed by atoms with Crippen molar-refractivity contribution in [3.63, 3.8) is 0 Å². The maximum Gasteiger partial charge on any atom is 0.269 e. The highest BCUT2D eigenvalue weighted by Gasteiger charge is 2.35. The number of hydrogen-bond donors (Lipinski definition) is 2. The van der Waals surface area contributed by atoms with E-state index < -0.39 is 5.91 Å². The predicted molar refractivity (Wildman–Crippen MR) is 129 cm³/mol. The number of nitrogens with two attached hydrogens (primary N) is 1. The molecule has 1 aliphatic heterocycles. The van der Waals surface area contributed by atoms with Crippen LogP contribution in [0.25, 0.3) is 18.0 Å². The molecule has 1 saturated heterocycles. The van der Waals surface area contributed by atoms with E-state index in [-0.39, 0.29) is 23.6 Å². The molecule has 3 heterocycles. The molecule has 3 N–H and O–H groups in total. The first-order valence-electron chi connectivity index (χ1n) is 11.6. The number of carbonyl (C=O) groups is 2. The van der Waals surface area contributed by atoms with Gasteiger partial charge in [0.15, 0.2) is 11.5 Å². The molecule has 0 unspecified atom stereocenters. The Bertz CT molecular complexity index is 1220. The lowest BCUT2D eigenvalue weighted by Gasteiger charge is -2.33. The van der Waals surface area contributed by atoms with Crippen LogP contribution >= 0.6 is 0 Å². The van der Waals surface area contributed by atoms with Crippen molar-refractivity contribution < 1.29 is 9.59 Å². The minimum absolute atomic E-state index is 0.0925. The molecule has 1 aliphatic carbocycles. The van der Waals surface area contributed by atoms with Crippen LogP contribution in [0.5, 0.6) is 0 Å². The van der Waals surface area contributed by atoms with Gasteiger partial charge in [-0.15, -0.1) is 0 Å². The topological polar surface area (TPSA) is 119 Å². The van der Waals surface area contributed by atoms with Crippen LogP contribution in [0.2, 0.25) is 0 Å². The molecule has 0 radical (unpaired) electrons. The number of nitrogens with zero attached hydrogens (tertiary/aromatic N) is 5. The molecule has 5 rings (SSSR count). The van der Waals surface area contributed by atoms with Crippen molar-refractivity contribution in [1.29, 1.82) is 0 Å². The fourth-order valence-corrected chi connectivity index (χ4v) is 4.18. The second-order valence-corrected chi connectivity index (χ2v) is 8.77. The van der Waals surface area contributed by atoms with Gasteiger partial charge < -0.3 is 16.0 Å². The zero-order valence-corrected chi connectivity index (χ0v) is 18.8. The smallest absolute Gasteiger partial charge is 0.269 e. The normalized spacial score (nSPS) is 18.2. The van der Waals surface area contributed by atoms with Crippen LogP contribution in [-0.2, 0) is 4.79 Å². The zero-order chi connectivity index (χ0) is 23.5. The molecule has 34 heavy (non-hydrogen) atoms. The first-order chi connectivity index (χ1) is 16.6. The summed E-state index contributed by atoms with van der Waals surface area (Å²) >= 11 is 0. The van der Waals surface area contributed by atoms with E-state index in [1.165, 1.54) is 4.68 Å². The van der Waals surface area contributed by atoms with Crippen molar-refractivity contribution in [1.82, 2.24) is 24.6 Å². The number of hydrogen-bond acceptors (Lipinski definition) is 6. The number of anilines is 1. The van der Waals surface area contributed by atoms with Crippen LogP contribution in [-0.4, -0.2) is 55.6 Å². The minimum atomic E-state index is -0.610. The molecule has 0 spiro atoms. The fraction of sp³-hybridized carbons (Fsp3) is 0.320. The highest BCUT2D eigenvalue weighted by molar-refractivity contribution is 5.95. The third-order valence-corrected chi connectivity index (χ3v) is 6.10. The first-order valence-corrected chi connectivity index (χ1v) is 11.6. The number of rotatable bonds is 7. The lowest BCUT2D eigenvalue weighted by Crippen LogP contribution is -2.45. The SMILES string of the molecule is NC(=O)c1nn(-c2ccnc(N[C@@H]3CCCN(C(=O)C4CC4)C3)n2)cc1/C=C/c1ccccc1. The molecule has 3 aromatic rings. The predicted octanol–water partition coefficient (Wildman–Crippen LogP) is 2.74. The van der Waals surface area contributed by atoms with E-state index in [1.54, 1.807) is 18.5 Å². The van der Waals surface area contributed by atoms with Crippen LogP contribution in [0.15, 0.2) is 48.8 Å². The number of nitrogens with one attached hydrogen (secondary N) is 1. The van der Waals surface area contributed by atoms with Gasteiger partial charge in [-0.3, -0.25) is 9.59 Å². The van der Waals surface area contributed by atoms with Gasteiger partial charge in [0.1, 0.15) is 0 Å². The van der Waals surface area contributed by atoms with Crippen molar-refractivity contribution in [2.75, 3.05) is 18.4 Å². The van der Waals surface area contributed by atoms with Gasteiger partial charge in [0, 0.05) is 49.1 Å². The number of carbonyl (C=O) groups excluding carboxylic acids is 2. The molecule has 1 aromatic carbocycles. The molecular formula is C25H27N7O2. The number of primary amides is 1. The molecule has 174 valence electrons. The van der Waals surface area contributed by atoms with Gasteiger partial charge in [-0.05, 0) is 31.2 Å². The van der Waals surface area contributed by atoms with Crippen LogP contribution < -0.4 is 11.1 Å². The van der Waals surface area contributed by atoms with Gasteiger partial charge >= 0.3 is 0 Å². The standard InChI is InChI=1S/C25H27N7O2/c26-23(33)22-19(9-8-17-5-2-1-3-6-17)15-32(30-22)21-12-13-27-25(29-21)28-20-7-4-14-31(16-20)24(34)18-10-11-18/h1-3,5-6,8-9,12-13,15,18,20H,4,7,10-11,14,16H2,(H2,26,33)(H,27,28,29)/b9-8+/t20-/m1/s1. The summed E-state index contributed by atoms with van der Waals surface area (Å²) in [4.78, 5) is 35.3. The lowest BCUT2D eigenvalue weighted by molar-refractivity contribution is -0.133. The van der Waals surface area contributed by atoms with Gasteiger partial charge in [0.05, 0.1) is 0 Å². The lowest BCUT2D eigenvalue weighted by atomic mass is 10.1. The number of aromatic nitrogens is 4. The highest BCUT2D eigenvalue weighted by atomic mass is 16.2. The molecule has 9 heteroatoms. The number of piperidine rings is 1. The summed E-state index contributed by atoms with van der Waals surface area (Å²) < 4.78 is 1.53. The molecule has 2 amide bonds. The molecule has 2 aromatic heterocycles. The summed E-state index contributed by atoms with van der Waals surface area (Å²) in [6, 6.07) is 11.6. The van der Waals surface area contributed by atoms with E-state index in [1.807, 2.05) is 47.4 Å². The molecule has 1 saturated carbocycles. The van der Waals surface area contributed by atoms with Gasteiger partial charge in [-0.25, -0.2) is 9.67 Å². The Morgan fingerprint density at radius 2 is 1.91 bits per heavy atom. The molecule has 2 aliphatic rings. The average molecular weight is 458 g/mol. The Labute approximate surface area is 197 Å². The summed E-state index contributed by atoms with van der Waals surface area (Å²) in [7, 11) is 0. The van der Waals surface area contributed by atoms with E-state index in [9.17, 15) is 9.59 Å². The largest absolute Gasteiger partial charge is 0.364 e. The number of benzene rings is 1. The van der Waals surface area contributed by atoms with E-state index >= 15 is 0 Å². The molecule has 0 bridgehead atoms. The molecule has 2 fully saturated rings. The van der Waals surface area contributed by atoms with Gasteiger partial charge in [-0.2, -0.15) is 10.1 Å². The second kappa shape index (κ2) is 9.46. The summed E-state index contributed by atoms with van der Waals surface area (Å²) in [6.45, 7) is 1.47. The van der Waals surface area contributed by atoms with Crippen molar-refractivity contribution in [2.45, 2.75) is 31.7 Å². The Morgan fingerprint density at radius 3 is 2.68 bits per heavy atom. The Morgan fingerprint density at radius 1 is 1.09 bits per heavy atom. The monoisotopic (exact) mass is 457 g/mol. The van der Waals surface area contributed by atoms with Crippen LogP contribution in [0.3, 0.4) is 0 Å². The minimum Gasteiger partial charge on any atom is -0.364 e. The Kier molecular flexibility index (Phi) is 6.07. The maximum absolute atomic E-state index is 12.4. The average Bonchev–Trinajstić information content (AvgIpc) is 3.62. The second-order valence-electron chi connectivity index (χ2n) is 8.77. The van der Waals surface area contributed by atoms with E-state index in [0.29, 0.717) is 23.9 Å². The number of likely N-dealkylation sites (tertiary alicyclic amines) is 1. The van der Waals surface area contributed by atoms with Gasteiger partial charge in [0.25, 0.3) is 5.91 Å². The van der Waals surface area contributed by atoms with Crippen LogP contribution in [0.1, 0.15) is 47.3 Å². The summed E-state index contributed by atoms with van der Waals surface area (Å²) in [5, 5.41) is 7.72. The van der Waals surface area contributed by atoms with Crippen molar-refractivity contribution >= 4 is 29.9 Å². The molecule has 9 nitrogen and oxygen atoms in total. The molecular weight excluding hydrogens is 430 g/mol.